The van der Waals surface area contributed by atoms with Crippen LogP contribution in [-0.2, 0) is 9.84 Å². The van der Waals surface area contributed by atoms with Crippen LogP contribution in [0.1, 0.15) is 22.5 Å². The van der Waals surface area contributed by atoms with Crippen LogP contribution in [0.15, 0.2) is 4.90 Å². The first-order valence-corrected chi connectivity index (χ1v) is 8.16. The van der Waals surface area contributed by atoms with Crippen LogP contribution < -0.4 is 16.4 Å². The van der Waals surface area contributed by atoms with Gasteiger partial charge in [0, 0.05) is 19.3 Å². The van der Waals surface area contributed by atoms with Gasteiger partial charge in [0.1, 0.15) is 14.8 Å². The van der Waals surface area contributed by atoms with E-state index in [9.17, 15) is 13.2 Å². The Balaban J connectivity index is 2.52. The number of nitrogens with one attached hydrogen (secondary N) is 2. The zero-order valence-electron chi connectivity index (χ0n) is 10.1. The van der Waals surface area contributed by atoms with Gasteiger partial charge in [0.25, 0.3) is 5.91 Å². The summed E-state index contributed by atoms with van der Waals surface area (Å²) in [6.45, 7) is 0. The molecule has 0 bridgehead atoms. The van der Waals surface area contributed by atoms with Gasteiger partial charge in [-0.3, -0.25) is 4.79 Å². The van der Waals surface area contributed by atoms with E-state index in [1.807, 2.05) is 0 Å². The predicted octanol–water partition coefficient (Wildman–Crippen LogP) is 0.668. The minimum atomic E-state index is -3.46. The maximum absolute atomic E-state index is 11.8. The number of anilines is 2. The second-order valence-corrected chi connectivity index (χ2v) is 7.25. The summed E-state index contributed by atoms with van der Waals surface area (Å²) in [5, 5.41) is 6.03. The van der Waals surface area contributed by atoms with Crippen molar-refractivity contribution in [2.45, 2.75) is 23.8 Å². The highest BCUT2D eigenvalue weighted by Crippen LogP contribution is 2.41. The largest absolute Gasteiger partial charge is 0.396 e. The van der Waals surface area contributed by atoms with Gasteiger partial charge < -0.3 is 16.4 Å². The number of amides is 1. The molecule has 0 atom stereocenters. The van der Waals surface area contributed by atoms with Gasteiger partial charge in [-0.05, 0) is 12.8 Å². The van der Waals surface area contributed by atoms with Gasteiger partial charge in [0.15, 0.2) is 9.84 Å². The maximum atomic E-state index is 11.8. The second kappa shape index (κ2) is 4.43. The first-order valence-electron chi connectivity index (χ1n) is 5.45. The lowest BCUT2D eigenvalue weighted by Crippen LogP contribution is -2.18. The number of carbonyl (C=O) groups excluding carboxylic acids is 1. The minimum absolute atomic E-state index is 0.0324. The van der Waals surface area contributed by atoms with E-state index in [0.717, 1.165) is 30.4 Å². The van der Waals surface area contributed by atoms with Crippen LogP contribution in [0.5, 0.6) is 0 Å². The molecule has 100 valence electrons. The molecule has 1 aliphatic carbocycles. The molecule has 0 saturated heterocycles. The molecule has 18 heavy (non-hydrogen) atoms. The Morgan fingerprint density at radius 1 is 1.44 bits per heavy atom. The monoisotopic (exact) mass is 289 g/mol. The Labute approximate surface area is 109 Å². The molecule has 1 aliphatic rings. The van der Waals surface area contributed by atoms with Gasteiger partial charge >= 0.3 is 0 Å². The standard InChI is InChI=1S/C10H15N3O3S2/c1-12-9(14)7-6(11)8(18(2,15)16)10(17-7)13-5-3-4-5/h5,13H,3-4,11H2,1-2H3,(H,12,14). The van der Waals surface area contributed by atoms with Crippen molar-refractivity contribution in [3.05, 3.63) is 4.88 Å². The number of nitrogen functional groups attached to an aromatic ring is 1. The minimum Gasteiger partial charge on any atom is -0.396 e. The zero-order chi connectivity index (χ0) is 13.5. The Bertz CT molecular complexity index is 588. The van der Waals surface area contributed by atoms with E-state index in [2.05, 4.69) is 10.6 Å². The van der Waals surface area contributed by atoms with Crippen molar-refractivity contribution in [2.75, 3.05) is 24.4 Å². The Morgan fingerprint density at radius 3 is 2.50 bits per heavy atom. The lowest BCUT2D eigenvalue weighted by molar-refractivity contribution is 0.0968. The van der Waals surface area contributed by atoms with Crippen LogP contribution in [0, 0.1) is 0 Å². The van der Waals surface area contributed by atoms with Crippen molar-refractivity contribution in [2.24, 2.45) is 0 Å². The molecule has 2 rings (SSSR count). The van der Waals surface area contributed by atoms with Crippen molar-refractivity contribution in [1.82, 2.24) is 5.32 Å². The topological polar surface area (TPSA) is 101 Å². The molecule has 6 nitrogen and oxygen atoms in total. The van der Waals surface area contributed by atoms with Crippen LogP contribution in [0.25, 0.3) is 0 Å². The Kier molecular flexibility index (Phi) is 3.24. The van der Waals surface area contributed by atoms with Crippen molar-refractivity contribution < 1.29 is 13.2 Å². The van der Waals surface area contributed by atoms with E-state index in [4.69, 9.17) is 5.73 Å². The number of sulfone groups is 1. The fraction of sp³-hybridized carbons (Fsp3) is 0.500. The number of nitrogens with two attached hydrogens (primary N) is 1. The van der Waals surface area contributed by atoms with E-state index in [1.165, 1.54) is 7.05 Å². The third kappa shape index (κ3) is 2.44. The Hall–Kier alpha value is -1.28. The molecule has 0 aliphatic heterocycles. The fourth-order valence-electron chi connectivity index (χ4n) is 1.59. The number of rotatable bonds is 4. The summed E-state index contributed by atoms with van der Waals surface area (Å²) in [5.74, 6) is -0.369. The predicted molar refractivity (Wildman–Crippen MR) is 71.9 cm³/mol. The molecule has 1 aromatic rings. The summed E-state index contributed by atoms with van der Waals surface area (Å²) in [4.78, 5) is 11.9. The molecular weight excluding hydrogens is 274 g/mol. The van der Waals surface area contributed by atoms with Crippen LogP contribution >= 0.6 is 11.3 Å². The molecule has 1 fully saturated rings. The summed E-state index contributed by atoms with van der Waals surface area (Å²) >= 11 is 1.09. The lowest BCUT2D eigenvalue weighted by atomic mass is 10.3. The third-order valence-electron chi connectivity index (χ3n) is 2.62. The van der Waals surface area contributed by atoms with Gasteiger partial charge in [0.2, 0.25) is 0 Å². The van der Waals surface area contributed by atoms with E-state index in [-0.39, 0.29) is 21.4 Å². The van der Waals surface area contributed by atoms with Crippen molar-refractivity contribution in [3.8, 4) is 0 Å². The van der Waals surface area contributed by atoms with Crippen molar-refractivity contribution in [3.63, 3.8) is 0 Å². The van der Waals surface area contributed by atoms with Crippen LogP contribution in [0.3, 0.4) is 0 Å². The molecule has 8 heteroatoms. The van der Waals surface area contributed by atoms with Gasteiger partial charge in [-0.2, -0.15) is 0 Å². The summed E-state index contributed by atoms with van der Waals surface area (Å²) in [6.07, 6.45) is 3.11. The summed E-state index contributed by atoms with van der Waals surface area (Å²) < 4.78 is 23.5. The third-order valence-corrected chi connectivity index (χ3v) is 5.05. The number of thiophene rings is 1. The van der Waals surface area contributed by atoms with E-state index >= 15 is 0 Å². The maximum Gasteiger partial charge on any atom is 0.263 e. The van der Waals surface area contributed by atoms with Gasteiger partial charge in [-0.25, -0.2) is 8.42 Å². The van der Waals surface area contributed by atoms with E-state index in [0.29, 0.717) is 11.0 Å². The quantitative estimate of drug-likeness (QED) is 0.756. The molecule has 0 unspecified atom stereocenters. The summed E-state index contributed by atoms with van der Waals surface area (Å²) in [5.41, 5.74) is 5.83. The van der Waals surface area contributed by atoms with Crippen molar-refractivity contribution in [1.29, 1.82) is 0 Å². The molecule has 0 spiro atoms. The molecule has 1 aromatic heterocycles. The average molecular weight is 289 g/mol. The summed E-state index contributed by atoms with van der Waals surface area (Å²) in [6, 6.07) is 0.293. The van der Waals surface area contributed by atoms with E-state index in [1.54, 1.807) is 0 Å². The normalized spacial score (nSPS) is 15.4. The molecule has 0 radical (unpaired) electrons. The first kappa shape index (κ1) is 13.2. The molecule has 1 saturated carbocycles. The highest BCUT2D eigenvalue weighted by Gasteiger charge is 2.30. The van der Waals surface area contributed by atoms with Crippen LogP contribution in [0.4, 0.5) is 10.7 Å². The summed E-state index contributed by atoms with van der Waals surface area (Å²) in [7, 11) is -1.98. The fourth-order valence-corrected chi connectivity index (χ4v) is 4.17. The molecular formula is C10H15N3O3S2. The molecule has 1 heterocycles. The molecule has 0 aromatic carbocycles. The Morgan fingerprint density at radius 2 is 2.06 bits per heavy atom. The van der Waals surface area contributed by atoms with Gasteiger partial charge in [-0.1, -0.05) is 0 Å². The molecule has 4 N–H and O–H groups in total. The second-order valence-electron chi connectivity index (χ2n) is 4.27. The van der Waals surface area contributed by atoms with Gasteiger partial charge in [0.05, 0.1) is 5.69 Å². The van der Waals surface area contributed by atoms with Gasteiger partial charge in [-0.15, -0.1) is 11.3 Å². The lowest BCUT2D eigenvalue weighted by Gasteiger charge is -2.04. The highest BCUT2D eigenvalue weighted by atomic mass is 32.2. The smallest absolute Gasteiger partial charge is 0.263 e. The average Bonchev–Trinajstić information content (AvgIpc) is 2.99. The molecule has 1 amide bonds. The van der Waals surface area contributed by atoms with Crippen molar-refractivity contribution >= 4 is 37.8 Å². The van der Waals surface area contributed by atoms with E-state index < -0.39 is 9.84 Å². The number of hydrogen-bond acceptors (Lipinski definition) is 6. The first-order chi connectivity index (χ1) is 8.34. The number of hydrogen-bond donors (Lipinski definition) is 3. The van der Waals surface area contributed by atoms with Crippen LogP contribution in [0.2, 0.25) is 0 Å². The zero-order valence-corrected chi connectivity index (χ0v) is 11.7. The van der Waals surface area contributed by atoms with Crippen LogP contribution in [-0.4, -0.2) is 33.7 Å². The highest BCUT2D eigenvalue weighted by molar-refractivity contribution is 7.91. The SMILES string of the molecule is CNC(=O)c1sc(NC2CC2)c(S(C)(=O)=O)c1N. The number of carbonyl (C=O) groups is 1.